The number of rotatable bonds is 6. The molecule has 0 aromatic heterocycles. The highest BCUT2D eigenvalue weighted by molar-refractivity contribution is 5.96. The Morgan fingerprint density at radius 1 is 1.17 bits per heavy atom. The van der Waals surface area contributed by atoms with Gasteiger partial charge >= 0.3 is 12.1 Å². The second kappa shape index (κ2) is 6.20. The van der Waals surface area contributed by atoms with Crippen LogP contribution in [0.5, 0.6) is 0 Å². The Morgan fingerprint density at radius 2 is 1.72 bits per heavy atom. The molecular formula is C12H19N3O3. The van der Waals surface area contributed by atoms with E-state index in [2.05, 4.69) is 13.2 Å². The number of hydrogen-bond donors (Lipinski definition) is 1. The van der Waals surface area contributed by atoms with Crippen LogP contribution in [0, 0.1) is 0 Å². The number of aliphatic hydroxyl groups excluding tert-OH is 1. The van der Waals surface area contributed by atoms with Gasteiger partial charge in [0.05, 0.1) is 6.54 Å². The smallest absolute Gasteiger partial charge is 0.332 e. The number of nitrogens with zero attached hydrogens (tertiary/aromatic N) is 3. The van der Waals surface area contributed by atoms with Gasteiger partial charge in [0.1, 0.15) is 0 Å². The predicted octanol–water partition coefficient (Wildman–Crippen LogP) is 1.20. The predicted molar refractivity (Wildman–Crippen MR) is 67.6 cm³/mol. The molecule has 18 heavy (non-hydrogen) atoms. The van der Waals surface area contributed by atoms with E-state index in [4.69, 9.17) is 0 Å². The van der Waals surface area contributed by atoms with E-state index in [0.29, 0.717) is 13.0 Å². The lowest BCUT2D eigenvalue weighted by molar-refractivity contribution is -0.0876. The molecule has 1 heterocycles. The summed E-state index contributed by atoms with van der Waals surface area (Å²) >= 11 is 0. The Kier molecular flexibility index (Phi) is 4.91. The molecule has 1 unspecified atom stereocenters. The summed E-state index contributed by atoms with van der Waals surface area (Å²) in [5.41, 5.74) is 0. The fraction of sp³-hybridized carbons (Fsp3) is 0.500. The summed E-state index contributed by atoms with van der Waals surface area (Å²) in [6.45, 7) is 9.64. The molecular weight excluding hydrogens is 234 g/mol. The van der Waals surface area contributed by atoms with E-state index in [1.807, 2.05) is 6.92 Å². The van der Waals surface area contributed by atoms with Gasteiger partial charge in [0.15, 0.2) is 0 Å². The van der Waals surface area contributed by atoms with Crippen LogP contribution in [0.2, 0.25) is 0 Å². The minimum Gasteiger partial charge on any atom is -0.356 e. The van der Waals surface area contributed by atoms with E-state index in [9.17, 15) is 14.7 Å². The number of aliphatic hydroxyl groups is 1. The fourth-order valence-corrected chi connectivity index (χ4v) is 1.81. The van der Waals surface area contributed by atoms with Gasteiger partial charge in [0.25, 0.3) is 0 Å². The Morgan fingerprint density at radius 3 is 2.22 bits per heavy atom. The van der Waals surface area contributed by atoms with Crippen molar-refractivity contribution in [1.29, 1.82) is 0 Å². The van der Waals surface area contributed by atoms with Crippen LogP contribution >= 0.6 is 0 Å². The lowest BCUT2D eigenvalue weighted by Gasteiger charge is -2.44. The molecule has 0 radical (unpaired) electrons. The van der Waals surface area contributed by atoms with Crippen molar-refractivity contribution in [3.05, 3.63) is 25.3 Å². The summed E-state index contributed by atoms with van der Waals surface area (Å²) in [5.74, 6) is 0. The Hall–Kier alpha value is -1.82. The van der Waals surface area contributed by atoms with Gasteiger partial charge in [-0.05, 0) is 6.42 Å². The van der Waals surface area contributed by atoms with E-state index in [1.165, 1.54) is 22.0 Å². The summed E-state index contributed by atoms with van der Waals surface area (Å²) in [6.07, 6.45) is 2.45. The highest BCUT2D eigenvalue weighted by atomic mass is 16.3. The van der Waals surface area contributed by atoms with Crippen molar-refractivity contribution in [3.63, 3.8) is 0 Å². The second-order valence-electron chi connectivity index (χ2n) is 3.95. The normalized spacial score (nSPS) is 20.3. The van der Waals surface area contributed by atoms with Crippen LogP contribution in [0.3, 0.4) is 0 Å². The molecule has 6 nitrogen and oxygen atoms in total. The zero-order chi connectivity index (χ0) is 13.7. The maximum absolute atomic E-state index is 12.0. The summed E-state index contributed by atoms with van der Waals surface area (Å²) in [4.78, 5) is 27.6. The first-order chi connectivity index (χ1) is 8.58. The van der Waals surface area contributed by atoms with Gasteiger partial charge in [-0.15, -0.1) is 13.2 Å². The van der Waals surface area contributed by atoms with E-state index < -0.39 is 18.4 Å². The lowest BCUT2D eigenvalue weighted by atomic mass is 10.3. The van der Waals surface area contributed by atoms with Crippen molar-refractivity contribution in [1.82, 2.24) is 14.7 Å². The van der Waals surface area contributed by atoms with E-state index >= 15 is 0 Å². The maximum atomic E-state index is 12.0. The average Bonchev–Trinajstić information content (AvgIpc) is 2.35. The molecule has 0 bridgehead atoms. The van der Waals surface area contributed by atoms with E-state index in [-0.39, 0.29) is 13.1 Å². The van der Waals surface area contributed by atoms with Gasteiger partial charge in [-0.25, -0.2) is 14.5 Å². The third-order valence-electron chi connectivity index (χ3n) is 2.61. The topological polar surface area (TPSA) is 64.1 Å². The van der Waals surface area contributed by atoms with Gasteiger partial charge in [-0.2, -0.15) is 0 Å². The molecule has 1 aliphatic heterocycles. The molecule has 1 saturated heterocycles. The number of carbonyl (C=O) groups excluding carboxylic acids is 2. The third-order valence-corrected chi connectivity index (χ3v) is 2.61. The number of urea groups is 2. The molecule has 1 atom stereocenters. The SMILES string of the molecule is C=CCN1C(=O)N(CC=C)C(O)N(CCC)C1=O. The molecule has 0 aromatic carbocycles. The summed E-state index contributed by atoms with van der Waals surface area (Å²) in [5, 5.41) is 10.0. The average molecular weight is 253 g/mol. The molecule has 100 valence electrons. The highest BCUT2D eigenvalue weighted by Gasteiger charge is 2.41. The zero-order valence-corrected chi connectivity index (χ0v) is 10.6. The van der Waals surface area contributed by atoms with Crippen molar-refractivity contribution in [3.8, 4) is 0 Å². The van der Waals surface area contributed by atoms with E-state index in [0.717, 1.165) is 4.90 Å². The van der Waals surface area contributed by atoms with Gasteiger partial charge in [-0.1, -0.05) is 19.1 Å². The number of imide groups is 1. The highest BCUT2D eigenvalue weighted by Crippen LogP contribution is 2.18. The van der Waals surface area contributed by atoms with Crippen molar-refractivity contribution in [2.45, 2.75) is 19.7 Å². The molecule has 1 rings (SSSR count). The zero-order valence-electron chi connectivity index (χ0n) is 10.6. The first-order valence-electron chi connectivity index (χ1n) is 5.87. The lowest BCUT2D eigenvalue weighted by Crippen LogP contribution is -2.66. The van der Waals surface area contributed by atoms with Crippen LogP contribution in [-0.4, -0.2) is 57.9 Å². The first kappa shape index (κ1) is 14.2. The molecule has 0 saturated carbocycles. The van der Waals surface area contributed by atoms with Crippen molar-refractivity contribution in [2.75, 3.05) is 19.6 Å². The Labute approximate surface area is 107 Å². The fourth-order valence-electron chi connectivity index (χ4n) is 1.81. The molecule has 0 aliphatic carbocycles. The summed E-state index contributed by atoms with van der Waals surface area (Å²) in [6, 6.07) is -1.02. The van der Waals surface area contributed by atoms with Crippen molar-refractivity contribution >= 4 is 12.1 Å². The number of carbonyl (C=O) groups is 2. The molecule has 6 heteroatoms. The van der Waals surface area contributed by atoms with Gasteiger partial charge in [0.2, 0.25) is 6.35 Å². The van der Waals surface area contributed by atoms with Crippen LogP contribution in [0.1, 0.15) is 13.3 Å². The van der Waals surface area contributed by atoms with Gasteiger partial charge in [-0.3, -0.25) is 9.80 Å². The van der Waals surface area contributed by atoms with Crippen LogP contribution in [0.15, 0.2) is 25.3 Å². The van der Waals surface area contributed by atoms with E-state index in [1.54, 1.807) is 0 Å². The monoisotopic (exact) mass is 253 g/mol. The van der Waals surface area contributed by atoms with Crippen LogP contribution < -0.4 is 0 Å². The molecule has 4 amide bonds. The van der Waals surface area contributed by atoms with Gasteiger partial charge in [0, 0.05) is 13.1 Å². The Bertz CT molecular complexity index is 356. The minimum atomic E-state index is -1.23. The van der Waals surface area contributed by atoms with Gasteiger partial charge < -0.3 is 5.11 Å². The molecule has 1 N–H and O–H groups in total. The Balaban J connectivity index is 3.01. The quantitative estimate of drug-likeness (QED) is 0.723. The van der Waals surface area contributed by atoms with Crippen molar-refractivity contribution in [2.24, 2.45) is 0 Å². The molecule has 1 fully saturated rings. The molecule has 1 aliphatic rings. The maximum Gasteiger partial charge on any atom is 0.332 e. The van der Waals surface area contributed by atoms with Crippen LogP contribution in [-0.2, 0) is 0 Å². The molecule has 0 spiro atoms. The summed E-state index contributed by atoms with van der Waals surface area (Å²) < 4.78 is 0. The number of hydrogen-bond acceptors (Lipinski definition) is 3. The minimum absolute atomic E-state index is 0.123. The van der Waals surface area contributed by atoms with Crippen LogP contribution in [0.25, 0.3) is 0 Å². The third kappa shape index (κ3) is 2.53. The van der Waals surface area contributed by atoms with Crippen LogP contribution in [0.4, 0.5) is 9.59 Å². The van der Waals surface area contributed by atoms with Crippen molar-refractivity contribution < 1.29 is 14.7 Å². The number of amides is 4. The second-order valence-corrected chi connectivity index (χ2v) is 3.95. The largest absolute Gasteiger partial charge is 0.356 e. The molecule has 0 aromatic rings. The standard InChI is InChI=1S/C12H19N3O3/c1-4-7-13-10(16)14(8-5-2)12(18)15(9-6-3)11(13)17/h4-5,11,17H,1-2,6-9H2,3H3. The first-order valence-corrected chi connectivity index (χ1v) is 5.87. The summed E-state index contributed by atoms with van der Waals surface area (Å²) in [7, 11) is 0.